The van der Waals surface area contributed by atoms with Crippen LogP contribution in [0.15, 0.2) is 238 Å². The van der Waals surface area contributed by atoms with Crippen LogP contribution in [0.5, 0.6) is 0 Å². The highest BCUT2D eigenvalue weighted by atomic mass is 15.2. The molecular formula is C66H45B2N3. The van der Waals surface area contributed by atoms with Gasteiger partial charge in [-0.2, -0.15) is 0 Å². The summed E-state index contributed by atoms with van der Waals surface area (Å²) in [7, 11) is 0. The van der Waals surface area contributed by atoms with E-state index in [4.69, 9.17) is 0 Å². The molecule has 0 saturated carbocycles. The summed E-state index contributed by atoms with van der Waals surface area (Å²) in [5.74, 6) is 0. The van der Waals surface area contributed by atoms with Crippen molar-refractivity contribution in [1.29, 1.82) is 0 Å². The normalized spacial score (nSPS) is 13.1. The van der Waals surface area contributed by atoms with E-state index in [1.165, 1.54) is 89.3 Å². The van der Waals surface area contributed by atoms with Crippen LogP contribution >= 0.6 is 0 Å². The Balaban J connectivity index is 1.05. The van der Waals surface area contributed by atoms with E-state index in [0.717, 1.165) is 44.8 Å². The lowest BCUT2D eigenvalue weighted by molar-refractivity contribution is 1.24. The Morgan fingerprint density at radius 1 is 0.282 bits per heavy atom. The van der Waals surface area contributed by atoms with Crippen molar-refractivity contribution in [2.75, 3.05) is 14.7 Å². The zero-order valence-electron chi connectivity index (χ0n) is 39.1. The first-order valence-electron chi connectivity index (χ1n) is 24.5. The topological polar surface area (TPSA) is 9.72 Å². The highest BCUT2D eigenvalue weighted by Crippen LogP contribution is 2.49. The number of hydrogen-bond donors (Lipinski definition) is 0. The van der Waals surface area contributed by atoms with E-state index in [0.29, 0.717) is 0 Å². The molecule has 0 radical (unpaired) electrons. The SMILES string of the molecule is C=Cc1ccc(-c2cccc(N3c4cc(-c5ccc(C=C)cc5)ccc4B4c5cccc6c5N(c5cccc3c54)c3cc(-c4ccc(C=C)cc4)cc4c3B6c3ccccc3N4c3ccccc3)c2)cc1. The van der Waals surface area contributed by atoms with Crippen LogP contribution in [0.25, 0.3) is 51.6 Å². The largest absolute Gasteiger partial charge is 0.312 e. The second-order valence-electron chi connectivity index (χ2n) is 19.0. The zero-order valence-corrected chi connectivity index (χ0v) is 39.1. The van der Waals surface area contributed by atoms with E-state index in [1.807, 2.05) is 18.2 Å². The summed E-state index contributed by atoms with van der Waals surface area (Å²) in [4.78, 5) is 7.65. The first-order chi connectivity index (χ1) is 35.1. The lowest BCUT2D eigenvalue weighted by atomic mass is 9.29. The van der Waals surface area contributed by atoms with Gasteiger partial charge in [0.25, 0.3) is 13.4 Å². The van der Waals surface area contributed by atoms with Crippen molar-refractivity contribution in [2.24, 2.45) is 0 Å². The number of fused-ring (bicyclic) bond motifs is 8. The Bertz CT molecular complexity index is 3840. The van der Waals surface area contributed by atoms with Gasteiger partial charge in [-0.1, -0.05) is 196 Å². The fourth-order valence-corrected chi connectivity index (χ4v) is 12.1. The molecule has 0 aliphatic carbocycles. The van der Waals surface area contributed by atoms with Gasteiger partial charge in [0.1, 0.15) is 0 Å². The van der Waals surface area contributed by atoms with Crippen LogP contribution in [0, 0.1) is 0 Å². The van der Waals surface area contributed by atoms with Gasteiger partial charge in [0, 0.05) is 51.2 Å². The summed E-state index contributed by atoms with van der Waals surface area (Å²) in [6.45, 7) is 12.1. The summed E-state index contributed by atoms with van der Waals surface area (Å²) in [6.07, 6.45) is 5.72. The van der Waals surface area contributed by atoms with Gasteiger partial charge in [-0.3, -0.25) is 0 Å². The third-order valence-electron chi connectivity index (χ3n) is 15.3. The van der Waals surface area contributed by atoms with E-state index < -0.39 is 0 Å². The molecule has 4 heterocycles. The maximum absolute atomic E-state index is 4.07. The van der Waals surface area contributed by atoms with Gasteiger partial charge in [-0.25, -0.2) is 0 Å². The number of nitrogens with zero attached hydrogens (tertiary/aromatic N) is 3. The summed E-state index contributed by atoms with van der Waals surface area (Å²) in [6, 6.07) is 81.4. The van der Waals surface area contributed by atoms with Crippen LogP contribution < -0.4 is 47.5 Å². The molecule has 3 nitrogen and oxygen atoms in total. The number of benzene rings is 10. The van der Waals surface area contributed by atoms with Gasteiger partial charge >= 0.3 is 0 Å². The van der Waals surface area contributed by atoms with Crippen molar-refractivity contribution in [3.63, 3.8) is 0 Å². The van der Waals surface area contributed by atoms with Gasteiger partial charge in [0.2, 0.25) is 0 Å². The summed E-state index contributed by atoms with van der Waals surface area (Å²) >= 11 is 0. The molecule has 10 aromatic carbocycles. The maximum Gasteiger partial charge on any atom is 0.252 e. The quantitative estimate of drug-likeness (QED) is 0.141. The predicted molar refractivity (Wildman–Crippen MR) is 306 cm³/mol. The van der Waals surface area contributed by atoms with Crippen molar-refractivity contribution >= 4 is 116 Å². The molecule has 0 aromatic heterocycles. The van der Waals surface area contributed by atoms with Crippen LogP contribution in [0.3, 0.4) is 0 Å². The Kier molecular flexibility index (Phi) is 9.24. The molecule has 4 aliphatic rings. The van der Waals surface area contributed by atoms with E-state index >= 15 is 0 Å². The standard InChI is InChI=1S/C66H45B2N3/c1-4-43-25-31-46(32-26-43)49-15-12-18-53(39-49)70-59-23-14-24-60-64(59)68(55-38-37-50(40-61(55)70)47-33-27-44(5-2)28-34-47)57-21-13-20-56-66(57)71(60)63-42-51(48-35-29-45(6-3)30-36-48)41-62-65(63)67(56)54-19-10-11-22-58(54)69(62)52-16-8-7-9-17-52/h4-42H,1-3H2. The number of hydrogen-bond acceptors (Lipinski definition) is 3. The smallest absolute Gasteiger partial charge is 0.252 e. The van der Waals surface area contributed by atoms with E-state index in [1.54, 1.807) is 0 Å². The van der Waals surface area contributed by atoms with Gasteiger partial charge < -0.3 is 14.7 Å². The number of rotatable bonds is 8. The summed E-state index contributed by atoms with van der Waals surface area (Å²) in [5.41, 5.74) is 28.9. The predicted octanol–water partition coefficient (Wildman–Crippen LogP) is 13.3. The molecule has 0 saturated heterocycles. The van der Waals surface area contributed by atoms with Crippen LogP contribution in [0.1, 0.15) is 16.7 Å². The van der Waals surface area contributed by atoms with Crippen molar-refractivity contribution in [3.8, 4) is 33.4 Å². The van der Waals surface area contributed by atoms with Crippen LogP contribution in [-0.4, -0.2) is 13.4 Å². The Labute approximate surface area is 416 Å². The molecule has 10 aromatic rings. The molecule has 0 N–H and O–H groups in total. The highest BCUT2D eigenvalue weighted by molar-refractivity contribution is 7.04. The number of para-hydroxylation sites is 3. The fraction of sp³-hybridized carbons (Fsp3) is 0. The molecular weight excluding hydrogens is 856 g/mol. The van der Waals surface area contributed by atoms with Gasteiger partial charge in [-0.15, -0.1) is 0 Å². The Morgan fingerprint density at radius 2 is 0.704 bits per heavy atom. The molecule has 0 atom stereocenters. The average Bonchev–Trinajstić information content (AvgIpc) is 3.44. The zero-order chi connectivity index (χ0) is 47.3. The minimum Gasteiger partial charge on any atom is -0.312 e. The third kappa shape index (κ3) is 6.19. The second-order valence-corrected chi connectivity index (χ2v) is 19.0. The monoisotopic (exact) mass is 901 g/mol. The number of anilines is 9. The molecule has 0 spiro atoms. The first kappa shape index (κ1) is 41.0. The van der Waals surface area contributed by atoms with Crippen molar-refractivity contribution in [1.82, 2.24) is 0 Å². The molecule has 0 fully saturated rings. The molecule has 0 bridgehead atoms. The molecule has 71 heavy (non-hydrogen) atoms. The molecule has 0 amide bonds. The second kappa shape index (κ2) is 16.0. The van der Waals surface area contributed by atoms with E-state index in [2.05, 4.69) is 253 Å². The van der Waals surface area contributed by atoms with Gasteiger partial charge in [0.05, 0.1) is 0 Å². The van der Waals surface area contributed by atoms with Crippen LogP contribution in [0.4, 0.5) is 51.2 Å². The third-order valence-corrected chi connectivity index (χ3v) is 15.3. The average molecular weight is 902 g/mol. The molecule has 4 aliphatic heterocycles. The first-order valence-corrected chi connectivity index (χ1v) is 24.5. The minimum atomic E-state index is -0.0271. The van der Waals surface area contributed by atoms with Gasteiger partial charge in [0.15, 0.2) is 0 Å². The molecule has 330 valence electrons. The van der Waals surface area contributed by atoms with Crippen molar-refractivity contribution < 1.29 is 0 Å². The highest BCUT2D eigenvalue weighted by Gasteiger charge is 2.50. The van der Waals surface area contributed by atoms with E-state index in [-0.39, 0.29) is 13.4 Å². The van der Waals surface area contributed by atoms with Gasteiger partial charge in [-0.05, 0) is 144 Å². The van der Waals surface area contributed by atoms with Crippen LogP contribution in [-0.2, 0) is 0 Å². The Hall–Kier alpha value is -9.05. The van der Waals surface area contributed by atoms with Crippen LogP contribution in [0.2, 0.25) is 0 Å². The minimum absolute atomic E-state index is 0.00745. The summed E-state index contributed by atoms with van der Waals surface area (Å²) < 4.78 is 0. The lowest BCUT2D eigenvalue weighted by Gasteiger charge is -2.49. The molecule has 14 rings (SSSR count). The summed E-state index contributed by atoms with van der Waals surface area (Å²) in [5, 5.41) is 0. The van der Waals surface area contributed by atoms with E-state index in [9.17, 15) is 0 Å². The Morgan fingerprint density at radius 3 is 1.34 bits per heavy atom. The van der Waals surface area contributed by atoms with Crippen molar-refractivity contribution in [2.45, 2.75) is 0 Å². The van der Waals surface area contributed by atoms with Crippen molar-refractivity contribution in [3.05, 3.63) is 255 Å². The maximum atomic E-state index is 4.07. The molecule has 5 heteroatoms. The lowest BCUT2D eigenvalue weighted by Crippen LogP contribution is -2.68. The fourth-order valence-electron chi connectivity index (χ4n) is 12.1. The molecule has 0 unspecified atom stereocenters.